The van der Waals surface area contributed by atoms with Gasteiger partial charge in [-0.1, -0.05) is 35.5 Å². The Balaban J connectivity index is 1.20. The average Bonchev–Trinajstić information content (AvgIpc) is 3.52. The largest absolute Gasteiger partial charge is 0.487 e. The molecule has 2 fully saturated rings. The van der Waals surface area contributed by atoms with E-state index >= 15 is 0 Å². The summed E-state index contributed by atoms with van der Waals surface area (Å²) in [5.74, 6) is 1.53. The van der Waals surface area contributed by atoms with Crippen LogP contribution < -0.4 is 9.64 Å². The topological polar surface area (TPSA) is 60.2 Å². The molecule has 0 atom stereocenters. The van der Waals surface area contributed by atoms with E-state index in [-0.39, 0.29) is 6.29 Å². The lowest BCUT2D eigenvalue weighted by molar-refractivity contribution is -0.0661. The van der Waals surface area contributed by atoms with E-state index in [1.807, 2.05) is 43.3 Å². The molecule has 0 amide bonds. The van der Waals surface area contributed by atoms with Crippen molar-refractivity contribution in [1.82, 2.24) is 10.1 Å². The minimum atomic E-state index is -0.0366. The molecule has 0 aliphatic carbocycles. The Hall–Kier alpha value is -2.61. The van der Waals surface area contributed by atoms with Crippen molar-refractivity contribution in [2.45, 2.75) is 38.6 Å². The maximum atomic E-state index is 6.16. The number of likely N-dealkylation sites (tertiary alicyclic amines) is 1. The Morgan fingerprint density at radius 1 is 1.03 bits per heavy atom. The lowest BCUT2D eigenvalue weighted by Gasteiger charge is -2.32. The molecule has 0 unspecified atom stereocenters. The van der Waals surface area contributed by atoms with Gasteiger partial charge in [0.15, 0.2) is 11.9 Å². The first-order valence-corrected chi connectivity index (χ1v) is 12.4. The molecule has 1 aromatic heterocycles. The lowest BCUT2D eigenvalue weighted by atomic mass is 9.91. The van der Waals surface area contributed by atoms with Gasteiger partial charge in [-0.2, -0.15) is 0 Å². The Morgan fingerprint density at radius 2 is 1.79 bits per heavy atom. The molecule has 2 aliphatic heterocycles. The molecule has 7 nitrogen and oxygen atoms in total. The third-order valence-electron chi connectivity index (χ3n) is 6.93. The third kappa shape index (κ3) is 5.37. The van der Waals surface area contributed by atoms with E-state index in [9.17, 15) is 0 Å². The first-order chi connectivity index (χ1) is 16.7. The molecule has 0 bridgehead atoms. The van der Waals surface area contributed by atoms with Crippen molar-refractivity contribution >= 4 is 16.7 Å². The number of anilines is 1. The Bertz CT molecular complexity index is 1050. The zero-order valence-electron chi connectivity index (χ0n) is 20.2. The maximum absolute atomic E-state index is 6.16. The van der Waals surface area contributed by atoms with Gasteiger partial charge < -0.3 is 23.6 Å². The standard InChI is InChI=1S/C27H35N3O4/c1-29(2)26-24(33-19-21-6-4-3-5-7-21)11-9-22-23(28-34-27(22)26)10-8-20-12-14-30(15-13-20)18-25-31-16-17-32-25/h3-7,9,11,20,25H,8,10,12-19H2,1-2H3. The minimum absolute atomic E-state index is 0.0366. The van der Waals surface area contributed by atoms with Crippen LogP contribution in [0.2, 0.25) is 0 Å². The van der Waals surface area contributed by atoms with Crippen LogP contribution in [-0.2, 0) is 22.5 Å². The summed E-state index contributed by atoms with van der Waals surface area (Å²) in [4.78, 5) is 4.52. The van der Waals surface area contributed by atoms with Crippen LogP contribution >= 0.6 is 0 Å². The molecule has 0 spiro atoms. The zero-order chi connectivity index (χ0) is 23.3. The van der Waals surface area contributed by atoms with Crippen molar-refractivity contribution in [3.8, 4) is 5.75 Å². The van der Waals surface area contributed by atoms with Crippen molar-refractivity contribution in [3.05, 3.63) is 53.7 Å². The SMILES string of the molecule is CN(C)c1c(OCc2ccccc2)ccc2c(CCC3CCN(CC4OCCO4)CC3)noc12. The number of rotatable bonds is 9. The minimum Gasteiger partial charge on any atom is -0.487 e. The number of hydrogen-bond acceptors (Lipinski definition) is 7. The highest BCUT2D eigenvalue weighted by molar-refractivity contribution is 5.94. The number of piperidine rings is 1. The molecule has 182 valence electrons. The normalized spacial score (nSPS) is 18.1. The summed E-state index contributed by atoms with van der Waals surface area (Å²) in [7, 11) is 4.03. The molecule has 5 rings (SSSR count). The predicted molar refractivity (Wildman–Crippen MR) is 132 cm³/mol. The van der Waals surface area contributed by atoms with Gasteiger partial charge in [-0.05, 0) is 62.4 Å². The number of aromatic nitrogens is 1. The lowest BCUT2D eigenvalue weighted by Crippen LogP contribution is -2.39. The molecule has 3 heterocycles. The molecule has 0 radical (unpaired) electrons. The molecule has 3 aromatic rings. The first kappa shape index (κ1) is 23.1. The van der Waals surface area contributed by atoms with Gasteiger partial charge in [0, 0.05) is 26.0 Å². The van der Waals surface area contributed by atoms with Gasteiger partial charge in [-0.3, -0.25) is 4.90 Å². The number of aryl methyl sites for hydroxylation is 1. The van der Waals surface area contributed by atoms with Crippen LogP contribution in [0.4, 0.5) is 5.69 Å². The summed E-state index contributed by atoms with van der Waals surface area (Å²) in [6, 6.07) is 14.4. The summed E-state index contributed by atoms with van der Waals surface area (Å²) in [6.45, 7) is 5.08. The predicted octanol–water partition coefficient (Wildman–Crippen LogP) is 4.49. The molecule has 2 aromatic carbocycles. The highest BCUT2D eigenvalue weighted by Crippen LogP contribution is 2.38. The van der Waals surface area contributed by atoms with E-state index in [0.717, 1.165) is 85.3 Å². The molecule has 2 aliphatic rings. The molecule has 7 heteroatoms. The number of ether oxygens (including phenoxy) is 3. The molecule has 34 heavy (non-hydrogen) atoms. The van der Waals surface area contributed by atoms with Crippen molar-refractivity contribution < 1.29 is 18.7 Å². The molecular weight excluding hydrogens is 430 g/mol. The van der Waals surface area contributed by atoms with Gasteiger partial charge in [0.25, 0.3) is 0 Å². The molecular formula is C27H35N3O4. The first-order valence-electron chi connectivity index (χ1n) is 12.4. The van der Waals surface area contributed by atoms with E-state index < -0.39 is 0 Å². The summed E-state index contributed by atoms with van der Waals surface area (Å²) in [5.41, 5.74) is 3.93. The summed E-state index contributed by atoms with van der Waals surface area (Å²) in [5, 5.41) is 5.55. The summed E-state index contributed by atoms with van der Waals surface area (Å²) >= 11 is 0. The molecule has 2 saturated heterocycles. The van der Waals surface area contributed by atoms with Gasteiger partial charge in [0.1, 0.15) is 18.0 Å². The van der Waals surface area contributed by atoms with Crippen LogP contribution in [0.5, 0.6) is 5.75 Å². The highest BCUT2D eigenvalue weighted by atomic mass is 16.7. The van der Waals surface area contributed by atoms with Crippen molar-refractivity contribution in [2.75, 3.05) is 51.8 Å². The quantitative estimate of drug-likeness (QED) is 0.461. The average molecular weight is 466 g/mol. The number of hydrogen-bond donors (Lipinski definition) is 0. The van der Waals surface area contributed by atoms with Gasteiger partial charge in [0.05, 0.1) is 18.9 Å². The van der Waals surface area contributed by atoms with E-state index in [0.29, 0.717) is 6.61 Å². The zero-order valence-corrected chi connectivity index (χ0v) is 20.2. The van der Waals surface area contributed by atoms with Crippen molar-refractivity contribution in [1.29, 1.82) is 0 Å². The summed E-state index contributed by atoms with van der Waals surface area (Å²) in [6.07, 6.45) is 4.45. The van der Waals surface area contributed by atoms with E-state index in [1.165, 1.54) is 12.8 Å². The number of fused-ring (bicyclic) bond motifs is 1. The molecule has 0 saturated carbocycles. The Kier molecular flexibility index (Phi) is 7.33. The second kappa shape index (κ2) is 10.8. The van der Waals surface area contributed by atoms with E-state index in [4.69, 9.17) is 18.7 Å². The number of benzene rings is 2. The van der Waals surface area contributed by atoms with Gasteiger partial charge in [0.2, 0.25) is 0 Å². The van der Waals surface area contributed by atoms with E-state index in [1.54, 1.807) is 0 Å². The van der Waals surface area contributed by atoms with Crippen LogP contribution in [-0.4, -0.2) is 63.3 Å². The van der Waals surface area contributed by atoms with Crippen LogP contribution in [0.15, 0.2) is 47.0 Å². The Morgan fingerprint density at radius 3 is 2.53 bits per heavy atom. The fraction of sp³-hybridized carbons (Fsp3) is 0.519. The van der Waals surface area contributed by atoms with Gasteiger partial charge >= 0.3 is 0 Å². The monoisotopic (exact) mass is 465 g/mol. The number of nitrogens with zero attached hydrogens (tertiary/aromatic N) is 3. The van der Waals surface area contributed by atoms with Crippen molar-refractivity contribution in [2.24, 2.45) is 5.92 Å². The van der Waals surface area contributed by atoms with Crippen LogP contribution in [0.1, 0.15) is 30.5 Å². The fourth-order valence-corrected chi connectivity index (χ4v) is 5.00. The van der Waals surface area contributed by atoms with Gasteiger partial charge in [-0.15, -0.1) is 0 Å². The van der Waals surface area contributed by atoms with Crippen LogP contribution in [0.3, 0.4) is 0 Å². The van der Waals surface area contributed by atoms with Crippen molar-refractivity contribution in [3.63, 3.8) is 0 Å². The fourth-order valence-electron chi connectivity index (χ4n) is 5.00. The maximum Gasteiger partial charge on any atom is 0.194 e. The third-order valence-corrected chi connectivity index (χ3v) is 6.93. The van der Waals surface area contributed by atoms with E-state index in [2.05, 4.69) is 28.3 Å². The second-order valence-electron chi connectivity index (χ2n) is 9.54. The second-order valence-corrected chi connectivity index (χ2v) is 9.54. The smallest absolute Gasteiger partial charge is 0.194 e. The summed E-state index contributed by atoms with van der Waals surface area (Å²) < 4.78 is 23.2. The molecule has 0 N–H and O–H groups in total. The highest BCUT2D eigenvalue weighted by Gasteiger charge is 2.25. The van der Waals surface area contributed by atoms with Crippen LogP contribution in [0, 0.1) is 5.92 Å². The Labute approximate surface area is 201 Å². The van der Waals surface area contributed by atoms with Gasteiger partial charge in [-0.25, -0.2) is 0 Å². The van der Waals surface area contributed by atoms with Crippen LogP contribution in [0.25, 0.3) is 11.0 Å².